The van der Waals surface area contributed by atoms with Crippen LogP contribution in [0, 0.1) is 5.82 Å². The average Bonchev–Trinajstić information content (AvgIpc) is 2.77. The molecule has 106 valence electrons. The van der Waals surface area contributed by atoms with Crippen molar-refractivity contribution in [1.29, 1.82) is 0 Å². The first-order valence-corrected chi connectivity index (χ1v) is 7.45. The molecule has 1 N–H and O–H groups in total. The Morgan fingerprint density at radius 2 is 2.25 bits per heavy atom. The Morgan fingerprint density at radius 3 is 2.85 bits per heavy atom. The maximum atomic E-state index is 13.4. The third kappa shape index (κ3) is 3.57. The van der Waals surface area contributed by atoms with Gasteiger partial charge in [-0.1, -0.05) is 11.8 Å². The first-order valence-electron chi connectivity index (χ1n) is 5.67. The molecule has 20 heavy (non-hydrogen) atoms. The molecule has 5 nitrogen and oxygen atoms in total. The van der Waals surface area contributed by atoms with Gasteiger partial charge in [0.25, 0.3) is 0 Å². The predicted molar refractivity (Wildman–Crippen MR) is 84.1 cm³/mol. The monoisotopic (exact) mass is 358 g/mol. The summed E-state index contributed by atoms with van der Waals surface area (Å²) >= 11 is 4.60. The highest BCUT2D eigenvalue weighted by Gasteiger charge is 2.16. The van der Waals surface area contributed by atoms with Crippen LogP contribution in [0.15, 0.2) is 26.8 Å². The molecule has 8 heteroatoms. The third-order valence-corrected chi connectivity index (χ3v) is 4.00. The number of carbonyl (C=O) groups excluding carboxylic acids is 1. The molecule has 1 aliphatic heterocycles. The van der Waals surface area contributed by atoms with E-state index in [-0.39, 0.29) is 11.7 Å². The van der Waals surface area contributed by atoms with E-state index in [4.69, 9.17) is 0 Å². The van der Waals surface area contributed by atoms with Crippen LogP contribution in [-0.4, -0.2) is 37.1 Å². The number of anilines is 1. The predicted octanol–water partition coefficient (Wildman–Crippen LogP) is 2.21. The molecule has 1 heterocycles. The lowest BCUT2D eigenvalue weighted by molar-refractivity contribution is -0.116. The highest BCUT2D eigenvalue weighted by atomic mass is 79.9. The van der Waals surface area contributed by atoms with Gasteiger partial charge in [-0.25, -0.2) is 4.39 Å². The molecule has 1 saturated heterocycles. The average molecular weight is 359 g/mol. The van der Waals surface area contributed by atoms with Crippen LogP contribution in [0.1, 0.15) is 5.56 Å². The van der Waals surface area contributed by atoms with Crippen LogP contribution in [-0.2, 0) is 4.79 Å². The van der Waals surface area contributed by atoms with E-state index in [2.05, 4.69) is 31.4 Å². The number of hydrogen-bond donors (Lipinski definition) is 1. The van der Waals surface area contributed by atoms with Gasteiger partial charge in [0.1, 0.15) is 5.82 Å². The molecule has 1 aromatic carbocycles. The van der Waals surface area contributed by atoms with Gasteiger partial charge in [-0.3, -0.25) is 4.79 Å². The summed E-state index contributed by atoms with van der Waals surface area (Å²) in [6.45, 7) is 0. The fraction of sp³-hybridized carbons (Fsp3) is 0.250. The van der Waals surface area contributed by atoms with Crippen molar-refractivity contribution in [2.24, 2.45) is 10.2 Å². The van der Waals surface area contributed by atoms with Crippen molar-refractivity contribution in [2.45, 2.75) is 0 Å². The minimum absolute atomic E-state index is 0.0825. The maximum absolute atomic E-state index is 13.4. The van der Waals surface area contributed by atoms with Crippen molar-refractivity contribution in [3.63, 3.8) is 0 Å². The zero-order valence-corrected chi connectivity index (χ0v) is 13.3. The van der Waals surface area contributed by atoms with Gasteiger partial charge in [0.05, 0.1) is 12.0 Å². The Balaban J connectivity index is 2.26. The van der Waals surface area contributed by atoms with Gasteiger partial charge in [0.2, 0.25) is 5.91 Å². The molecule has 0 aromatic heterocycles. The van der Waals surface area contributed by atoms with E-state index in [1.54, 1.807) is 4.90 Å². The van der Waals surface area contributed by atoms with E-state index >= 15 is 0 Å². The molecular formula is C12H12BrFN4OS. The highest BCUT2D eigenvalue weighted by Crippen LogP contribution is 2.27. The van der Waals surface area contributed by atoms with Crippen molar-refractivity contribution >= 4 is 50.7 Å². The number of thioether (sulfide) groups is 1. The van der Waals surface area contributed by atoms with Crippen LogP contribution in [0.3, 0.4) is 0 Å². The Morgan fingerprint density at radius 1 is 1.50 bits per heavy atom. The topological polar surface area (TPSA) is 57.1 Å². The molecule has 1 aromatic rings. The highest BCUT2D eigenvalue weighted by molar-refractivity contribution is 9.10. The van der Waals surface area contributed by atoms with Crippen molar-refractivity contribution in [3.8, 4) is 0 Å². The Kier molecular flexibility index (Phi) is 4.77. The summed E-state index contributed by atoms with van der Waals surface area (Å²) in [5.41, 5.74) is 1.40. The number of amidine groups is 1. The molecular weight excluding hydrogens is 347 g/mol. The number of halogens is 2. The smallest absolute Gasteiger partial charge is 0.236 e. The van der Waals surface area contributed by atoms with E-state index in [9.17, 15) is 9.18 Å². The minimum Gasteiger partial charge on any atom is -0.377 e. The van der Waals surface area contributed by atoms with Gasteiger partial charge in [-0.2, -0.15) is 5.10 Å². The molecule has 0 bridgehead atoms. The van der Waals surface area contributed by atoms with Crippen molar-refractivity contribution in [3.05, 3.63) is 28.0 Å². The molecule has 0 spiro atoms. The number of rotatable bonds is 3. The second kappa shape index (κ2) is 6.36. The van der Waals surface area contributed by atoms with Gasteiger partial charge in [0.15, 0.2) is 5.17 Å². The summed E-state index contributed by atoms with van der Waals surface area (Å²) < 4.78 is 14.0. The lowest BCUT2D eigenvalue weighted by Gasteiger charge is -2.16. The zero-order chi connectivity index (χ0) is 14.7. The van der Waals surface area contributed by atoms with Gasteiger partial charge < -0.3 is 10.2 Å². The fourth-order valence-electron chi connectivity index (χ4n) is 1.59. The number of benzene rings is 1. The Labute approximate surface area is 128 Å². The second-order valence-electron chi connectivity index (χ2n) is 4.20. The quantitative estimate of drug-likeness (QED) is 0.665. The number of carbonyl (C=O) groups is 1. The maximum Gasteiger partial charge on any atom is 0.236 e. The Hall–Kier alpha value is -1.41. The Bertz CT molecular complexity index is 603. The SMILES string of the molecule is CN(C)c1cc(F)cc(Br)c1C=NN=C1NC(=O)CS1. The standard InChI is InChI=1S/C12H12BrFN4OS/c1-18(2)10-4-7(14)3-9(13)8(10)5-15-17-12-16-11(19)6-20-12/h3-5H,6H2,1-2H3,(H,16,17,19). The van der Waals surface area contributed by atoms with Crippen LogP contribution in [0.5, 0.6) is 0 Å². The lowest BCUT2D eigenvalue weighted by atomic mass is 10.2. The van der Waals surface area contributed by atoms with Crippen LogP contribution in [0.4, 0.5) is 10.1 Å². The van der Waals surface area contributed by atoms with Crippen LogP contribution in [0.2, 0.25) is 0 Å². The molecule has 0 aliphatic carbocycles. The van der Waals surface area contributed by atoms with Crippen molar-refractivity contribution < 1.29 is 9.18 Å². The van der Waals surface area contributed by atoms with Gasteiger partial charge in [-0.15, -0.1) is 5.10 Å². The van der Waals surface area contributed by atoms with E-state index in [0.717, 1.165) is 5.56 Å². The second-order valence-corrected chi connectivity index (χ2v) is 6.02. The summed E-state index contributed by atoms with van der Waals surface area (Å²) in [4.78, 5) is 12.8. The molecule has 0 atom stereocenters. The molecule has 1 amide bonds. The summed E-state index contributed by atoms with van der Waals surface area (Å²) in [6.07, 6.45) is 1.52. The van der Waals surface area contributed by atoms with Gasteiger partial charge in [0, 0.05) is 29.8 Å². The molecule has 0 saturated carbocycles. The zero-order valence-electron chi connectivity index (χ0n) is 10.9. The number of nitrogens with one attached hydrogen (secondary N) is 1. The number of amides is 1. The normalized spacial score (nSPS) is 17.0. The summed E-state index contributed by atoms with van der Waals surface area (Å²) in [7, 11) is 3.63. The summed E-state index contributed by atoms with van der Waals surface area (Å²) in [6, 6.07) is 2.79. The van der Waals surface area contributed by atoms with Crippen LogP contribution >= 0.6 is 27.7 Å². The fourth-order valence-corrected chi connectivity index (χ4v) is 2.74. The van der Waals surface area contributed by atoms with E-state index in [0.29, 0.717) is 21.1 Å². The van der Waals surface area contributed by atoms with Crippen LogP contribution in [0.25, 0.3) is 0 Å². The van der Waals surface area contributed by atoms with Crippen molar-refractivity contribution in [1.82, 2.24) is 5.32 Å². The van der Waals surface area contributed by atoms with Crippen molar-refractivity contribution in [2.75, 3.05) is 24.7 Å². The molecule has 2 rings (SSSR count). The number of hydrogen-bond acceptors (Lipinski definition) is 5. The van der Waals surface area contributed by atoms with E-state index in [1.807, 2.05) is 14.1 Å². The van der Waals surface area contributed by atoms with Gasteiger partial charge >= 0.3 is 0 Å². The van der Waals surface area contributed by atoms with Gasteiger partial charge in [-0.05, 0) is 28.1 Å². The minimum atomic E-state index is -0.331. The van der Waals surface area contributed by atoms with Crippen LogP contribution < -0.4 is 10.2 Å². The first-order chi connectivity index (χ1) is 9.47. The summed E-state index contributed by atoms with van der Waals surface area (Å²) in [5.74, 6) is -0.0547. The largest absolute Gasteiger partial charge is 0.377 e. The first kappa shape index (κ1) is 15.0. The number of nitrogens with zero attached hydrogens (tertiary/aromatic N) is 3. The molecule has 0 radical (unpaired) electrons. The lowest BCUT2D eigenvalue weighted by Crippen LogP contribution is -2.19. The van der Waals surface area contributed by atoms with E-state index in [1.165, 1.54) is 30.1 Å². The van der Waals surface area contributed by atoms with E-state index < -0.39 is 0 Å². The summed E-state index contributed by atoms with van der Waals surface area (Å²) in [5, 5.41) is 10.9. The molecule has 0 unspecified atom stereocenters. The molecule has 1 aliphatic rings. The molecule has 1 fully saturated rings. The third-order valence-electron chi connectivity index (χ3n) is 2.48.